The van der Waals surface area contributed by atoms with E-state index in [1.807, 2.05) is 0 Å². The Balaban J connectivity index is 2.80. The van der Waals surface area contributed by atoms with Crippen LogP contribution in [0.5, 0.6) is 0 Å². The summed E-state index contributed by atoms with van der Waals surface area (Å²) < 4.78 is 37.6. The Labute approximate surface area is 91.3 Å². The van der Waals surface area contributed by atoms with Crippen molar-refractivity contribution in [3.63, 3.8) is 0 Å². The lowest BCUT2D eigenvalue weighted by molar-refractivity contribution is -0.138. The molecule has 0 unspecified atom stereocenters. The lowest BCUT2D eigenvalue weighted by atomic mass is 10.2. The average Bonchev–Trinajstić information content (AvgIpc) is 2.25. The highest BCUT2D eigenvalue weighted by Crippen LogP contribution is 2.30. The average molecular weight is 234 g/mol. The van der Waals surface area contributed by atoms with Crippen molar-refractivity contribution in [1.82, 2.24) is 10.3 Å². The molecule has 1 heterocycles. The highest BCUT2D eigenvalue weighted by Gasteiger charge is 2.33. The Morgan fingerprint density at radius 1 is 1.50 bits per heavy atom. The van der Waals surface area contributed by atoms with Gasteiger partial charge in [0.25, 0.3) is 0 Å². The molecule has 0 bridgehead atoms. The summed E-state index contributed by atoms with van der Waals surface area (Å²) in [6.07, 6.45) is -3.08. The lowest BCUT2D eigenvalue weighted by Crippen LogP contribution is -2.30. The molecule has 90 valence electrons. The Bertz CT molecular complexity index is 341. The number of aromatic nitrogens is 1. The molecular weight excluding hydrogens is 221 g/mol. The van der Waals surface area contributed by atoms with Gasteiger partial charge in [-0.25, -0.2) is 0 Å². The number of alkyl halides is 3. The van der Waals surface area contributed by atoms with E-state index in [4.69, 9.17) is 5.11 Å². The van der Waals surface area contributed by atoms with Gasteiger partial charge in [0.15, 0.2) is 0 Å². The molecule has 6 heteroatoms. The third-order valence-corrected chi connectivity index (χ3v) is 2.09. The number of hydrogen-bond donors (Lipinski definition) is 2. The second-order valence-electron chi connectivity index (χ2n) is 3.46. The first-order chi connectivity index (χ1) is 7.45. The smallest absolute Gasteiger partial charge is 0.395 e. The van der Waals surface area contributed by atoms with E-state index in [2.05, 4.69) is 10.3 Å². The number of nitrogens with one attached hydrogen (secondary N) is 1. The fraction of sp³-hybridized carbons (Fsp3) is 0.500. The van der Waals surface area contributed by atoms with Crippen molar-refractivity contribution in [1.29, 1.82) is 0 Å². The highest BCUT2D eigenvalue weighted by atomic mass is 19.4. The Morgan fingerprint density at radius 3 is 2.75 bits per heavy atom. The van der Waals surface area contributed by atoms with Gasteiger partial charge in [0.05, 0.1) is 17.9 Å². The van der Waals surface area contributed by atoms with Gasteiger partial charge in [-0.3, -0.25) is 4.98 Å². The number of hydrogen-bond acceptors (Lipinski definition) is 3. The topological polar surface area (TPSA) is 45.1 Å². The van der Waals surface area contributed by atoms with Gasteiger partial charge in [0, 0.05) is 18.8 Å². The zero-order valence-electron chi connectivity index (χ0n) is 8.75. The second kappa shape index (κ2) is 5.27. The summed E-state index contributed by atoms with van der Waals surface area (Å²) in [6.45, 7) is 1.53. The van der Waals surface area contributed by atoms with Crippen LogP contribution in [-0.4, -0.2) is 22.7 Å². The maximum atomic E-state index is 12.5. The van der Waals surface area contributed by atoms with Crippen LogP contribution in [0.3, 0.4) is 0 Å². The van der Waals surface area contributed by atoms with Gasteiger partial charge in [-0.15, -0.1) is 0 Å². The molecule has 1 atom stereocenters. The zero-order chi connectivity index (χ0) is 12.2. The largest absolute Gasteiger partial charge is 0.418 e. The van der Waals surface area contributed by atoms with Crippen LogP contribution in [0.25, 0.3) is 0 Å². The number of pyridine rings is 1. The molecule has 0 radical (unpaired) electrons. The predicted octanol–water partition coefficient (Wildman–Crippen LogP) is 1.57. The van der Waals surface area contributed by atoms with Gasteiger partial charge >= 0.3 is 6.18 Å². The van der Waals surface area contributed by atoms with Gasteiger partial charge in [0.1, 0.15) is 0 Å². The summed E-state index contributed by atoms with van der Waals surface area (Å²) in [5, 5.41) is 11.5. The normalized spacial score (nSPS) is 13.8. The van der Waals surface area contributed by atoms with Crippen LogP contribution >= 0.6 is 0 Å². The summed E-state index contributed by atoms with van der Waals surface area (Å²) in [4.78, 5) is 3.69. The molecule has 0 aromatic carbocycles. The van der Waals surface area contributed by atoms with Gasteiger partial charge in [0.2, 0.25) is 0 Å². The molecule has 0 aliphatic heterocycles. The predicted molar refractivity (Wildman–Crippen MR) is 52.6 cm³/mol. The van der Waals surface area contributed by atoms with Crippen LogP contribution in [-0.2, 0) is 12.7 Å². The first-order valence-electron chi connectivity index (χ1n) is 4.80. The standard InChI is InChI=1S/C10H13F3N2O/c1-7(6-16)15-5-9-8(10(11,12)13)3-2-4-14-9/h2-4,7,15-16H,5-6H2,1H3/t7-/m1/s1. The van der Waals surface area contributed by atoms with Crippen molar-refractivity contribution >= 4 is 0 Å². The molecule has 1 rings (SSSR count). The van der Waals surface area contributed by atoms with E-state index in [-0.39, 0.29) is 24.9 Å². The minimum atomic E-state index is -4.40. The molecule has 3 nitrogen and oxygen atoms in total. The summed E-state index contributed by atoms with van der Waals surface area (Å²) in [5.41, 5.74) is -0.803. The van der Waals surface area contributed by atoms with Crippen LogP contribution in [0.4, 0.5) is 13.2 Å². The fourth-order valence-electron chi connectivity index (χ4n) is 1.17. The molecule has 16 heavy (non-hydrogen) atoms. The van der Waals surface area contributed by atoms with Gasteiger partial charge in [-0.1, -0.05) is 0 Å². The lowest BCUT2D eigenvalue weighted by Gasteiger charge is -2.14. The van der Waals surface area contributed by atoms with Gasteiger partial charge in [-0.2, -0.15) is 13.2 Å². The summed E-state index contributed by atoms with van der Waals surface area (Å²) in [6, 6.07) is 1.98. The number of nitrogens with zero attached hydrogens (tertiary/aromatic N) is 1. The zero-order valence-corrected chi connectivity index (χ0v) is 8.75. The summed E-state index contributed by atoms with van der Waals surface area (Å²) in [5.74, 6) is 0. The Kier molecular flexibility index (Phi) is 4.26. The summed E-state index contributed by atoms with van der Waals surface area (Å²) in [7, 11) is 0. The van der Waals surface area contributed by atoms with Crippen LogP contribution in [0.15, 0.2) is 18.3 Å². The number of rotatable bonds is 4. The third-order valence-electron chi connectivity index (χ3n) is 2.09. The van der Waals surface area contributed by atoms with Gasteiger partial charge in [-0.05, 0) is 19.1 Å². The van der Waals surface area contributed by atoms with Crippen molar-refractivity contribution in [2.75, 3.05) is 6.61 Å². The monoisotopic (exact) mass is 234 g/mol. The first kappa shape index (κ1) is 12.9. The van der Waals surface area contributed by atoms with Crippen molar-refractivity contribution in [3.05, 3.63) is 29.6 Å². The van der Waals surface area contributed by atoms with Crippen molar-refractivity contribution in [3.8, 4) is 0 Å². The van der Waals surface area contributed by atoms with E-state index in [0.29, 0.717) is 0 Å². The van der Waals surface area contributed by atoms with E-state index in [1.54, 1.807) is 6.92 Å². The van der Waals surface area contributed by atoms with Crippen molar-refractivity contribution < 1.29 is 18.3 Å². The number of halogens is 3. The van der Waals surface area contributed by atoms with Crippen LogP contribution in [0.1, 0.15) is 18.2 Å². The molecule has 2 N–H and O–H groups in total. The highest BCUT2D eigenvalue weighted by molar-refractivity contribution is 5.22. The molecule has 0 aliphatic carbocycles. The molecule has 0 saturated carbocycles. The molecule has 0 saturated heterocycles. The maximum Gasteiger partial charge on any atom is 0.418 e. The fourth-order valence-corrected chi connectivity index (χ4v) is 1.17. The van der Waals surface area contributed by atoms with E-state index >= 15 is 0 Å². The molecule has 1 aromatic rings. The van der Waals surface area contributed by atoms with E-state index in [1.165, 1.54) is 12.3 Å². The minimum Gasteiger partial charge on any atom is -0.395 e. The number of aliphatic hydroxyl groups excluding tert-OH is 1. The Morgan fingerprint density at radius 2 is 2.19 bits per heavy atom. The van der Waals surface area contributed by atoms with Crippen molar-refractivity contribution in [2.45, 2.75) is 25.7 Å². The van der Waals surface area contributed by atoms with E-state index < -0.39 is 11.7 Å². The second-order valence-corrected chi connectivity index (χ2v) is 3.46. The number of aliphatic hydroxyl groups is 1. The molecular formula is C10H13F3N2O. The third kappa shape index (κ3) is 3.46. The van der Waals surface area contributed by atoms with E-state index in [0.717, 1.165) is 6.07 Å². The van der Waals surface area contributed by atoms with Crippen molar-refractivity contribution in [2.24, 2.45) is 0 Å². The summed E-state index contributed by atoms with van der Waals surface area (Å²) >= 11 is 0. The quantitative estimate of drug-likeness (QED) is 0.831. The van der Waals surface area contributed by atoms with E-state index in [9.17, 15) is 13.2 Å². The molecule has 0 fully saturated rings. The molecule has 0 amide bonds. The molecule has 1 aromatic heterocycles. The Hall–Kier alpha value is -1.14. The van der Waals surface area contributed by atoms with Gasteiger partial charge < -0.3 is 10.4 Å². The van der Waals surface area contributed by atoms with Crippen LogP contribution in [0.2, 0.25) is 0 Å². The molecule has 0 spiro atoms. The minimum absolute atomic E-state index is 0.0165. The maximum absolute atomic E-state index is 12.5. The SMILES string of the molecule is C[C@H](CO)NCc1ncccc1C(F)(F)F. The van der Waals surface area contributed by atoms with Crippen LogP contribution < -0.4 is 5.32 Å². The first-order valence-corrected chi connectivity index (χ1v) is 4.80. The molecule has 0 aliphatic rings. The van der Waals surface area contributed by atoms with Crippen LogP contribution in [0, 0.1) is 0 Å².